The molecule has 0 saturated carbocycles. The minimum absolute atomic E-state index is 0.773. The Kier molecular flexibility index (Phi) is 9.77. The highest BCUT2D eigenvalue weighted by molar-refractivity contribution is 5.31. The Hall–Kier alpha value is -1.22. The summed E-state index contributed by atoms with van der Waals surface area (Å²) in [7, 11) is 6.79. The van der Waals surface area contributed by atoms with Gasteiger partial charge in [0.15, 0.2) is 0 Å². The molecule has 0 aromatic heterocycles. The second-order valence-electron chi connectivity index (χ2n) is 7.30. The molecule has 0 aliphatic heterocycles. The molecule has 3 nitrogen and oxygen atoms in total. The first-order valence-corrected chi connectivity index (χ1v) is 9.17. The van der Waals surface area contributed by atoms with Crippen LogP contribution in [0.2, 0.25) is 0 Å². The Morgan fingerprint density at radius 3 is 1.70 bits per heavy atom. The van der Waals surface area contributed by atoms with Gasteiger partial charge in [0.2, 0.25) is 0 Å². The summed E-state index contributed by atoms with van der Waals surface area (Å²) in [4.78, 5) is 0. The third kappa shape index (κ3) is 11.0. The van der Waals surface area contributed by atoms with Crippen molar-refractivity contribution in [3.8, 4) is 11.5 Å². The van der Waals surface area contributed by atoms with Gasteiger partial charge in [-0.3, -0.25) is 0 Å². The van der Waals surface area contributed by atoms with Crippen LogP contribution in [0.1, 0.15) is 51.9 Å². The highest BCUT2D eigenvalue weighted by Gasteiger charge is 2.05. The second kappa shape index (κ2) is 11.3. The molecule has 132 valence electrons. The molecule has 0 spiro atoms. The number of benzene rings is 1. The standard InChI is InChI=1S/C20H36NO2/c1-5-17-22-19-12-14-20(15-13-19)23-18-11-9-7-6-8-10-16-21(2,3)4/h12-15H,5-11,16-18H2,1-4H3/q+1. The second-order valence-corrected chi connectivity index (χ2v) is 7.30. The molecule has 1 aromatic carbocycles. The lowest BCUT2D eigenvalue weighted by molar-refractivity contribution is -0.870. The molecule has 0 aliphatic rings. The minimum atomic E-state index is 0.773. The molecule has 0 unspecified atom stereocenters. The van der Waals surface area contributed by atoms with E-state index in [-0.39, 0.29) is 0 Å². The van der Waals surface area contributed by atoms with Crippen LogP contribution in [0.4, 0.5) is 0 Å². The van der Waals surface area contributed by atoms with E-state index in [4.69, 9.17) is 9.47 Å². The van der Waals surface area contributed by atoms with E-state index in [0.717, 1.165) is 42.0 Å². The SMILES string of the molecule is CCCOc1ccc(OCCCCCCCC[N+](C)(C)C)cc1. The molecule has 23 heavy (non-hydrogen) atoms. The Labute approximate surface area is 143 Å². The molecule has 3 heteroatoms. The van der Waals surface area contributed by atoms with Crippen molar-refractivity contribution in [3.63, 3.8) is 0 Å². The van der Waals surface area contributed by atoms with E-state index in [1.165, 1.54) is 38.6 Å². The maximum atomic E-state index is 5.78. The summed E-state index contributed by atoms with van der Waals surface area (Å²) in [6.07, 6.45) is 8.81. The zero-order valence-electron chi connectivity index (χ0n) is 15.6. The zero-order chi connectivity index (χ0) is 17.0. The maximum absolute atomic E-state index is 5.78. The number of hydrogen-bond acceptors (Lipinski definition) is 2. The topological polar surface area (TPSA) is 18.5 Å². The summed E-state index contributed by atoms with van der Waals surface area (Å²) < 4.78 is 12.4. The van der Waals surface area contributed by atoms with Crippen molar-refractivity contribution in [2.45, 2.75) is 51.9 Å². The van der Waals surface area contributed by atoms with Gasteiger partial charge in [-0.1, -0.05) is 26.2 Å². The van der Waals surface area contributed by atoms with Crippen LogP contribution in [0.3, 0.4) is 0 Å². The van der Waals surface area contributed by atoms with Crippen LogP contribution in [-0.4, -0.2) is 45.4 Å². The lowest BCUT2D eigenvalue weighted by atomic mass is 10.1. The van der Waals surface area contributed by atoms with Gasteiger partial charge in [0, 0.05) is 0 Å². The highest BCUT2D eigenvalue weighted by atomic mass is 16.5. The fourth-order valence-corrected chi connectivity index (χ4v) is 2.44. The van der Waals surface area contributed by atoms with E-state index in [9.17, 15) is 0 Å². The predicted molar refractivity (Wildman–Crippen MR) is 98.3 cm³/mol. The van der Waals surface area contributed by atoms with E-state index < -0.39 is 0 Å². The summed E-state index contributed by atoms with van der Waals surface area (Å²) in [6, 6.07) is 7.96. The molecule has 0 bridgehead atoms. The van der Waals surface area contributed by atoms with Gasteiger partial charge in [-0.2, -0.15) is 0 Å². The van der Waals surface area contributed by atoms with Crippen molar-refractivity contribution >= 4 is 0 Å². The number of ether oxygens (including phenoxy) is 2. The lowest BCUT2D eigenvalue weighted by Gasteiger charge is -2.23. The summed E-state index contributed by atoms with van der Waals surface area (Å²) in [5.41, 5.74) is 0. The van der Waals surface area contributed by atoms with Crippen LogP contribution >= 0.6 is 0 Å². The lowest BCUT2D eigenvalue weighted by Crippen LogP contribution is -2.35. The number of unbranched alkanes of at least 4 members (excludes halogenated alkanes) is 5. The van der Waals surface area contributed by atoms with Crippen molar-refractivity contribution in [1.29, 1.82) is 0 Å². The molecule has 0 fully saturated rings. The largest absolute Gasteiger partial charge is 0.494 e. The smallest absolute Gasteiger partial charge is 0.119 e. The normalized spacial score (nSPS) is 11.5. The van der Waals surface area contributed by atoms with Gasteiger partial charge >= 0.3 is 0 Å². The predicted octanol–water partition coefficient (Wildman–Crippen LogP) is 4.90. The average molecular weight is 323 g/mol. The van der Waals surface area contributed by atoms with Crippen LogP contribution in [0, 0.1) is 0 Å². The van der Waals surface area contributed by atoms with E-state index >= 15 is 0 Å². The first-order chi connectivity index (χ1) is 11.0. The number of rotatable bonds is 13. The summed E-state index contributed by atoms with van der Waals surface area (Å²) in [5, 5.41) is 0. The molecule has 0 heterocycles. The van der Waals surface area contributed by atoms with Crippen LogP contribution in [0.25, 0.3) is 0 Å². The van der Waals surface area contributed by atoms with E-state index in [1.54, 1.807) is 0 Å². The third-order valence-electron chi connectivity index (χ3n) is 3.79. The van der Waals surface area contributed by atoms with Gasteiger partial charge in [0.1, 0.15) is 11.5 Å². The summed E-state index contributed by atoms with van der Waals surface area (Å²) >= 11 is 0. The molecular formula is C20H36NO2+. The van der Waals surface area contributed by atoms with Crippen molar-refractivity contribution in [2.24, 2.45) is 0 Å². The molecule has 0 amide bonds. The van der Waals surface area contributed by atoms with E-state index in [2.05, 4.69) is 28.1 Å². The molecule has 0 N–H and O–H groups in total. The first-order valence-electron chi connectivity index (χ1n) is 9.17. The first kappa shape index (κ1) is 19.8. The minimum Gasteiger partial charge on any atom is -0.494 e. The zero-order valence-corrected chi connectivity index (χ0v) is 15.6. The van der Waals surface area contributed by atoms with Gasteiger partial charge in [-0.15, -0.1) is 0 Å². The van der Waals surface area contributed by atoms with Crippen molar-refractivity contribution in [3.05, 3.63) is 24.3 Å². The quantitative estimate of drug-likeness (QED) is 0.380. The Balaban J connectivity index is 1.98. The number of nitrogens with zero attached hydrogens (tertiary/aromatic N) is 1. The van der Waals surface area contributed by atoms with Crippen LogP contribution in [0.5, 0.6) is 11.5 Å². The fraction of sp³-hybridized carbons (Fsp3) is 0.700. The maximum Gasteiger partial charge on any atom is 0.119 e. The van der Waals surface area contributed by atoms with Crippen molar-refractivity contribution in [1.82, 2.24) is 0 Å². The number of hydrogen-bond donors (Lipinski definition) is 0. The van der Waals surface area contributed by atoms with Crippen LogP contribution in [-0.2, 0) is 0 Å². The highest BCUT2D eigenvalue weighted by Crippen LogP contribution is 2.18. The van der Waals surface area contributed by atoms with E-state index in [0.29, 0.717) is 0 Å². The van der Waals surface area contributed by atoms with Crippen molar-refractivity contribution < 1.29 is 14.0 Å². The molecule has 1 aromatic rings. The molecule has 0 radical (unpaired) electrons. The summed E-state index contributed by atoms with van der Waals surface area (Å²) in [5.74, 6) is 1.87. The Bertz CT molecular complexity index is 395. The molecular weight excluding hydrogens is 286 g/mol. The molecule has 0 atom stereocenters. The third-order valence-corrected chi connectivity index (χ3v) is 3.79. The molecule has 1 rings (SSSR count). The van der Waals surface area contributed by atoms with Gasteiger partial charge in [0.05, 0.1) is 40.9 Å². The average Bonchev–Trinajstić information content (AvgIpc) is 2.51. The van der Waals surface area contributed by atoms with Crippen LogP contribution in [0.15, 0.2) is 24.3 Å². The molecule has 0 saturated heterocycles. The van der Waals surface area contributed by atoms with Gasteiger partial charge < -0.3 is 14.0 Å². The monoisotopic (exact) mass is 322 g/mol. The van der Waals surface area contributed by atoms with Gasteiger partial charge in [-0.05, 0) is 49.9 Å². The molecule has 0 aliphatic carbocycles. The van der Waals surface area contributed by atoms with Crippen LogP contribution < -0.4 is 9.47 Å². The van der Waals surface area contributed by atoms with Gasteiger partial charge in [-0.25, -0.2) is 0 Å². The number of quaternary nitrogens is 1. The fourth-order valence-electron chi connectivity index (χ4n) is 2.44. The Morgan fingerprint density at radius 1 is 0.696 bits per heavy atom. The Morgan fingerprint density at radius 2 is 1.17 bits per heavy atom. The van der Waals surface area contributed by atoms with Crippen molar-refractivity contribution in [2.75, 3.05) is 40.9 Å². The summed E-state index contributed by atoms with van der Waals surface area (Å²) in [6.45, 7) is 4.98. The van der Waals surface area contributed by atoms with E-state index in [1.807, 2.05) is 24.3 Å². The van der Waals surface area contributed by atoms with Gasteiger partial charge in [0.25, 0.3) is 0 Å².